The first-order valence-electron chi connectivity index (χ1n) is 12.3. The molecule has 0 saturated heterocycles. The lowest BCUT2D eigenvalue weighted by atomic mass is 9.41. The molecule has 6 rings (SSSR count). The van der Waals surface area contributed by atoms with Crippen LogP contribution in [0.1, 0.15) is 76.7 Å². The Labute approximate surface area is 188 Å². The minimum Gasteiger partial charge on any atom is -0.376 e. The third kappa shape index (κ3) is 3.46. The fourth-order valence-corrected chi connectivity index (χ4v) is 8.19. The quantitative estimate of drug-likeness (QED) is 0.458. The van der Waals surface area contributed by atoms with Crippen LogP contribution in [-0.4, -0.2) is 17.6 Å². The number of nitrogens with two attached hydrogens (primary N) is 1. The fourth-order valence-electron chi connectivity index (χ4n) is 7.78. The molecule has 4 bridgehead atoms. The summed E-state index contributed by atoms with van der Waals surface area (Å²) < 4.78 is 0. The van der Waals surface area contributed by atoms with E-state index in [1.165, 1.54) is 69.2 Å². The van der Waals surface area contributed by atoms with E-state index in [1.807, 2.05) is 0 Å². The topological polar surface area (TPSA) is 38.0 Å². The summed E-state index contributed by atoms with van der Waals surface area (Å²) in [6, 6.07) is 12.0. The molecule has 5 aliphatic rings. The number of thiocarbonyl (C=S) groups is 1. The van der Waals surface area contributed by atoms with E-state index >= 15 is 0 Å². The Morgan fingerprint density at radius 2 is 1.73 bits per heavy atom. The van der Waals surface area contributed by atoms with Gasteiger partial charge in [-0.25, -0.2) is 0 Å². The zero-order chi connectivity index (χ0) is 20.8. The maximum Gasteiger partial charge on any atom is 0.0818 e. The van der Waals surface area contributed by atoms with Crippen molar-refractivity contribution in [2.24, 2.45) is 28.9 Å². The Kier molecular flexibility index (Phi) is 5.56. The van der Waals surface area contributed by atoms with E-state index < -0.39 is 0 Å². The second-order valence-electron chi connectivity index (χ2n) is 10.9. The summed E-state index contributed by atoms with van der Waals surface area (Å²) in [6.07, 6.45) is 15.1. The van der Waals surface area contributed by atoms with Crippen LogP contribution in [-0.2, 0) is 5.41 Å². The van der Waals surface area contributed by atoms with Crippen LogP contribution in [0, 0.1) is 23.2 Å². The highest BCUT2D eigenvalue weighted by Gasteiger charge is 2.61. The number of nitrogens with one attached hydrogen (secondary N) is 1. The Morgan fingerprint density at radius 3 is 2.33 bits per heavy atom. The van der Waals surface area contributed by atoms with Gasteiger partial charge in [0.1, 0.15) is 0 Å². The van der Waals surface area contributed by atoms with Crippen molar-refractivity contribution in [1.29, 1.82) is 0 Å². The van der Waals surface area contributed by atoms with E-state index in [0.29, 0.717) is 11.5 Å². The monoisotopic (exact) mass is 422 g/mol. The molecule has 2 nitrogen and oxygen atoms in total. The maximum atomic E-state index is 6.23. The van der Waals surface area contributed by atoms with Gasteiger partial charge in [-0.2, -0.15) is 0 Å². The molecule has 5 aliphatic carbocycles. The second kappa shape index (κ2) is 8.06. The van der Waals surface area contributed by atoms with Gasteiger partial charge in [-0.1, -0.05) is 61.1 Å². The van der Waals surface area contributed by atoms with E-state index in [1.54, 1.807) is 11.1 Å². The van der Waals surface area contributed by atoms with Crippen molar-refractivity contribution < 1.29 is 0 Å². The summed E-state index contributed by atoms with van der Waals surface area (Å²) >= 11 is 6.23. The van der Waals surface area contributed by atoms with Crippen LogP contribution >= 0.6 is 12.2 Å². The van der Waals surface area contributed by atoms with Gasteiger partial charge in [-0.3, -0.25) is 0 Å². The number of hydrogen-bond donors (Lipinski definition) is 2. The summed E-state index contributed by atoms with van der Waals surface area (Å²) in [5.74, 6) is 2.16. The molecule has 0 spiro atoms. The Hall–Kier alpha value is -1.19. The first-order chi connectivity index (χ1) is 14.6. The van der Waals surface area contributed by atoms with Crippen molar-refractivity contribution in [2.45, 2.75) is 82.6 Å². The summed E-state index contributed by atoms with van der Waals surface area (Å²) in [5, 5.41) is 3.91. The van der Waals surface area contributed by atoms with Crippen LogP contribution in [0.25, 0.3) is 0 Å². The summed E-state index contributed by atoms with van der Waals surface area (Å²) in [6.45, 7) is 3.14. The van der Waals surface area contributed by atoms with Crippen LogP contribution in [0.5, 0.6) is 0 Å². The molecule has 0 radical (unpaired) electrons. The van der Waals surface area contributed by atoms with Gasteiger partial charge >= 0.3 is 0 Å². The molecule has 0 aromatic heterocycles. The Bertz CT molecular complexity index is 787. The number of allylic oxidation sites excluding steroid dienone is 2. The number of rotatable bonds is 5. The molecule has 162 valence electrons. The molecule has 30 heavy (non-hydrogen) atoms. The van der Waals surface area contributed by atoms with Gasteiger partial charge in [0.2, 0.25) is 0 Å². The van der Waals surface area contributed by atoms with Gasteiger partial charge in [0.15, 0.2) is 0 Å². The molecule has 0 heterocycles. The maximum absolute atomic E-state index is 6.23. The van der Waals surface area contributed by atoms with Crippen LogP contribution in [0.3, 0.4) is 0 Å². The molecule has 3 N–H and O–H groups in total. The molecule has 1 aromatic carbocycles. The zero-order valence-electron chi connectivity index (χ0n) is 18.5. The third-order valence-electron chi connectivity index (χ3n) is 8.99. The SMILES string of the molecule is CCC=C1C2CC3(C(=S)N[C@H]4CC[C@H](CN)CC4)CC1CC(c1ccccc1)(C2)C3. The van der Waals surface area contributed by atoms with E-state index in [-0.39, 0.29) is 5.41 Å². The number of benzene rings is 1. The highest BCUT2D eigenvalue weighted by atomic mass is 32.1. The first kappa shape index (κ1) is 20.7. The Balaban J connectivity index is 1.41. The minimum atomic E-state index is 0.201. The molecule has 5 fully saturated rings. The highest BCUT2D eigenvalue weighted by Crippen LogP contribution is 2.67. The molecular weight excluding hydrogens is 384 g/mol. The highest BCUT2D eigenvalue weighted by molar-refractivity contribution is 7.80. The minimum absolute atomic E-state index is 0.201. The largest absolute Gasteiger partial charge is 0.376 e. The lowest BCUT2D eigenvalue weighted by molar-refractivity contribution is 0.00536. The summed E-state index contributed by atoms with van der Waals surface area (Å²) in [5.41, 5.74) is 9.76. The van der Waals surface area contributed by atoms with E-state index in [2.05, 4.69) is 48.6 Å². The molecular formula is C27H38N2S. The van der Waals surface area contributed by atoms with Crippen LogP contribution in [0.4, 0.5) is 0 Å². The summed E-state index contributed by atoms with van der Waals surface area (Å²) in [4.78, 5) is 1.20. The molecule has 0 aliphatic heterocycles. The van der Waals surface area contributed by atoms with Crippen molar-refractivity contribution in [1.82, 2.24) is 5.32 Å². The molecule has 2 atom stereocenters. The van der Waals surface area contributed by atoms with Crippen LogP contribution in [0.2, 0.25) is 0 Å². The van der Waals surface area contributed by atoms with Crippen molar-refractivity contribution in [3.8, 4) is 0 Å². The molecule has 0 amide bonds. The van der Waals surface area contributed by atoms with Crippen molar-refractivity contribution >= 4 is 17.2 Å². The van der Waals surface area contributed by atoms with Gasteiger partial charge in [0.25, 0.3) is 0 Å². The van der Waals surface area contributed by atoms with E-state index in [4.69, 9.17) is 18.0 Å². The molecule has 2 unspecified atom stereocenters. The van der Waals surface area contributed by atoms with Crippen LogP contribution < -0.4 is 11.1 Å². The predicted octanol–water partition coefficient (Wildman–Crippen LogP) is 5.91. The van der Waals surface area contributed by atoms with E-state index in [0.717, 1.165) is 24.3 Å². The van der Waals surface area contributed by atoms with Gasteiger partial charge in [0, 0.05) is 11.5 Å². The van der Waals surface area contributed by atoms with Gasteiger partial charge in [-0.15, -0.1) is 0 Å². The third-order valence-corrected chi connectivity index (χ3v) is 9.54. The van der Waals surface area contributed by atoms with Crippen molar-refractivity contribution in [3.05, 3.63) is 47.5 Å². The molecule has 1 aromatic rings. The van der Waals surface area contributed by atoms with Crippen molar-refractivity contribution in [3.63, 3.8) is 0 Å². The molecule has 3 heteroatoms. The standard InChI is InChI=1S/C27H38N2S/c1-2-6-24-20-13-26(22-7-4-3-5-8-22)14-21(24)16-27(15-20,18-26)25(30)29-23-11-9-19(17-28)10-12-23/h3-8,19-21,23H,2,9-18,28H2,1H3,(H,29,30)/t19-,20?,21?,23-,26?,27?. The molecule has 5 saturated carbocycles. The first-order valence-corrected chi connectivity index (χ1v) is 12.7. The van der Waals surface area contributed by atoms with Gasteiger partial charge < -0.3 is 11.1 Å². The Morgan fingerprint density at radius 1 is 1.07 bits per heavy atom. The fraction of sp³-hybridized carbons (Fsp3) is 0.667. The number of hydrogen-bond acceptors (Lipinski definition) is 2. The summed E-state index contributed by atoms with van der Waals surface area (Å²) in [7, 11) is 0. The average Bonchev–Trinajstić information content (AvgIpc) is 2.77. The average molecular weight is 423 g/mol. The van der Waals surface area contributed by atoms with Crippen LogP contribution in [0.15, 0.2) is 42.0 Å². The van der Waals surface area contributed by atoms with Crippen molar-refractivity contribution in [2.75, 3.05) is 6.54 Å². The zero-order valence-corrected chi connectivity index (χ0v) is 19.4. The van der Waals surface area contributed by atoms with Gasteiger partial charge in [0.05, 0.1) is 4.99 Å². The smallest absolute Gasteiger partial charge is 0.0818 e. The van der Waals surface area contributed by atoms with Gasteiger partial charge in [-0.05, 0) is 99.5 Å². The second-order valence-corrected chi connectivity index (χ2v) is 11.3. The normalized spacial score (nSPS) is 39.7. The lowest BCUT2D eigenvalue weighted by Gasteiger charge is -2.63. The lowest BCUT2D eigenvalue weighted by Crippen LogP contribution is -2.60. The van der Waals surface area contributed by atoms with E-state index in [9.17, 15) is 0 Å². The predicted molar refractivity (Wildman–Crippen MR) is 130 cm³/mol.